The number of hydrogen-bond acceptors (Lipinski definition) is 3. The van der Waals surface area contributed by atoms with Gasteiger partial charge in [0.15, 0.2) is 0 Å². The summed E-state index contributed by atoms with van der Waals surface area (Å²) in [5.41, 5.74) is -0.0441. The summed E-state index contributed by atoms with van der Waals surface area (Å²) in [6, 6.07) is 2.29. The molecule has 0 aromatic heterocycles. The third kappa shape index (κ3) is 3.35. The Kier molecular flexibility index (Phi) is 4.84. The molecule has 0 fully saturated rings. The number of ether oxygens (including phenoxy) is 2. The number of rotatable bonds is 5. The van der Waals surface area contributed by atoms with Crippen molar-refractivity contribution in [2.75, 3.05) is 20.3 Å². The molecule has 0 spiro atoms. The average Bonchev–Trinajstić information content (AvgIpc) is 2.18. The van der Waals surface area contributed by atoms with Crippen LogP contribution in [0.3, 0.4) is 0 Å². The number of halogens is 2. The van der Waals surface area contributed by atoms with Crippen molar-refractivity contribution in [2.24, 2.45) is 0 Å². The molecule has 0 amide bonds. The molecule has 84 valence electrons. The Morgan fingerprint density at radius 1 is 1.20 bits per heavy atom. The van der Waals surface area contributed by atoms with E-state index in [9.17, 15) is 8.78 Å². The molecule has 0 aliphatic carbocycles. The van der Waals surface area contributed by atoms with Crippen LogP contribution in [0, 0.1) is 11.6 Å². The van der Waals surface area contributed by atoms with Gasteiger partial charge in [-0.1, -0.05) is 0 Å². The van der Waals surface area contributed by atoms with Gasteiger partial charge in [0.1, 0.15) is 24.0 Å². The van der Waals surface area contributed by atoms with Crippen LogP contribution in [0.1, 0.15) is 5.56 Å². The monoisotopic (exact) mass is 234 g/mol. The molecule has 0 bridgehead atoms. The van der Waals surface area contributed by atoms with Crippen molar-refractivity contribution in [1.29, 1.82) is 0 Å². The maximum Gasteiger partial charge on any atom is 0.133 e. The van der Waals surface area contributed by atoms with Gasteiger partial charge in [-0.05, 0) is 0 Å². The molecule has 0 saturated heterocycles. The second-order valence-electron chi connectivity index (χ2n) is 2.86. The molecule has 0 atom stereocenters. The lowest BCUT2D eigenvalue weighted by Gasteiger charge is -2.08. The highest BCUT2D eigenvalue weighted by Gasteiger charge is 2.10. The molecule has 0 heterocycles. The Labute approximate surface area is 92.6 Å². The van der Waals surface area contributed by atoms with E-state index < -0.39 is 11.6 Å². The van der Waals surface area contributed by atoms with Gasteiger partial charge in [0.25, 0.3) is 0 Å². The van der Waals surface area contributed by atoms with Crippen LogP contribution in [-0.4, -0.2) is 20.3 Å². The van der Waals surface area contributed by atoms with Crippen LogP contribution in [0.2, 0.25) is 0 Å². The quantitative estimate of drug-likeness (QED) is 0.623. The minimum Gasteiger partial charge on any atom is -0.491 e. The van der Waals surface area contributed by atoms with Gasteiger partial charge in [0, 0.05) is 30.6 Å². The third-order valence-electron chi connectivity index (χ3n) is 1.83. The van der Waals surface area contributed by atoms with Gasteiger partial charge in [-0.3, -0.25) is 0 Å². The minimum atomic E-state index is -0.641. The highest BCUT2D eigenvalue weighted by molar-refractivity contribution is 7.79. The molecule has 2 nitrogen and oxygen atoms in total. The van der Waals surface area contributed by atoms with Gasteiger partial charge in [0.2, 0.25) is 0 Å². The number of methoxy groups -OCH3 is 1. The first-order valence-electron chi connectivity index (χ1n) is 4.39. The SMILES string of the molecule is COCCOc1cc(F)c(CS)c(F)c1. The standard InChI is InChI=1S/C10H12F2O2S/c1-13-2-3-14-7-4-9(11)8(6-15)10(12)5-7/h4-5,15H,2-3,6H2,1H3. The van der Waals surface area contributed by atoms with E-state index in [1.54, 1.807) is 0 Å². The van der Waals surface area contributed by atoms with Crippen molar-refractivity contribution in [1.82, 2.24) is 0 Å². The highest BCUT2D eigenvalue weighted by atomic mass is 32.1. The van der Waals surface area contributed by atoms with Gasteiger partial charge in [-0.2, -0.15) is 12.6 Å². The molecule has 5 heteroatoms. The lowest BCUT2D eigenvalue weighted by molar-refractivity contribution is 0.146. The van der Waals surface area contributed by atoms with E-state index in [0.717, 1.165) is 12.1 Å². The van der Waals surface area contributed by atoms with Crippen molar-refractivity contribution >= 4 is 12.6 Å². The van der Waals surface area contributed by atoms with Gasteiger partial charge in [-0.25, -0.2) is 8.78 Å². The summed E-state index contributed by atoms with van der Waals surface area (Å²) < 4.78 is 36.3. The van der Waals surface area contributed by atoms with E-state index >= 15 is 0 Å². The van der Waals surface area contributed by atoms with Crippen molar-refractivity contribution in [3.8, 4) is 5.75 Å². The Morgan fingerprint density at radius 3 is 2.27 bits per heavy atom. The van der Waals surface area contributed by atoms with Gasteiger partial charge >= 0.3 is 0 Å². The molecule has 1 rings (SSSR count). The second-order valence-corrected chi connectivity index (χ2v) is 3.18. The normalized spacial score (nSPS) is 10.4. The van der Waals surface area contributed by atoms with E-state index in [1.807, 2.05) is 0 Å². The van der Waals surface area contributed by atoms with Crippen molar-refractivity contribution < 1.29 is 18.3 Å². The molecular formula is C10H12F2O2S. The fraction of sp³-hybridized carbons (Fsp3) is 0.400. The van der Waals surface area contributed by atoms with E-state index in [4.69, 9.17) is 9.47 Å². The summed E-state index contributed by atoms with van der Waals surface area (Å²) in [6.07, 6.45) is 0. The average molecular weight is 234 g/mol. The Hall–Kier alpha value is -0.810. The number of thiol groups is 1. The van der Waals surface area contributed by atoms with E-state index in [-0.39, 0.29) is 23.7 Å². The van der Waals surface area contributed by atoms with Crippen LogP contribution in [0.5, 0.6) is 5.75 Å². The fourth-order valence-electron chi connectivity index (χ4n) is 1.06. The van der Waals surface area contributed by atoms with Gasteiger partial charge < -0.3 is 9.47 Å². The van der Waals surface area contributed by atoms with Crippen LogP contribution in [-0.2, 0) is 10.5 Å². The summed E-state index contributed by atoms with van der Waals surface area (Å²) in [6.45, 7) is 0.632. The zero-order valence-corrected chi connectivity index (χ0v) is 9.19. The molecule has 0 aliphatic heterocycles. The summed E-state index contributed by atoms with van der Waals surface area (Å²) in [4.78, 5) is 0. The van der Waals surface area contributed by atoms with Gasteiger partial charge in [0.05, 0.1) is 6.61 Å². The van der Waals surface area contributed by atoms with E-state index in [1.165, 1.54) is 7.11 Å². The number of benzene rings is 1. The molecule has 1 aromatic rings. The summed E-state index contributed by atoms with van der Waals surface area (Å²) in [5, 5.41) is 0. The topological polar surface area (TPSA) is 18.5 Å². The van der Waals surface area contributed by atoms with E-state index in [2.05, 4.69) is 12.6 Å². The van der Waals surface area contributed by atoms with Crippen LogP contribution < -0.4 is 4.74 Å². The zero-order chi connectivity index (χ0) is 11.3. The molecule has 15 heavy (non-hydrogen) atoms. The first-order chi connectivity index (χ1) is 7.19. The zero-order valence-electron chi connectivity index (χ0n) is 8.30. The third-order valence-corrected chi connectivity index (χ3v) is 2.15. The van der Waals surface area contributed by atoms with Crippen molar-refractivity contribution in [3.63, 3.8) is 0 Å². The van der Waals surface area contributed by atoms with Crippen LogP contribution in [0.4, 0.5) is 8.78 Å². The maximum atomic E-state index is 13.2. The Balaban J connectivity index is 2.75. The van der Waals surface area contributed by atoms with E-state index in [0.29, 0.717) is 6.61 Å². The minimum absolute atomic E-state index is 0.0238. The largest absolute Gasteiger partial charge is 0.491 e. The molecule has 0 N–H and O–H groups in total. The molecule has 0 saturated carbocycles. The molecule has 0 radical (unpaired) electrons. The predicted molar refractivity (Wildman–Crippen MR) is 56.4 cm³/mol. The second kappa shape index (κ2) is 5.92. The van der Waals surface area contributed by atoms with Crippen LogP contribution >= 0.6 is 12.6 Å². The maximum absolute atomic E-state index is 13.2. The summed E-state index contributed by atoms with van der Waals surface area (Å²) in [5.74, 6) is -1.10. The molecule has 0 aliphatic rings. The van der Waals surface area contributed by atoms with Crippen LogP contribution in [0.15, 0.2) is 12.1 Å². The molecule has 0 unspecified atom stereocenters. The van der Waals surface area contributed by atoms with Crippen molar-refractivity contribution in [3.05, 3.63) is 29.3 Å². The number of hydrogen-bond donors (Lipinski definition) is 1. The molecular weight excluding hydrogens is 222 g/mol. The molecule has 1 aromatic carbocycles. The first kappa shape index (κ1) is 12.3. The van der Waals surface area contributed by atoms with Gasteiger partial charge in [-0.15, -0.1) is 0 Å². The summed E-state index contributed by atoms with van der Waals surface area (Å²) in [7, 11) is 1.52. The smallest absolute Gasteiger partial charge is 0.133 e. The van der Waals surface area contributed by atoms with Crippen LogP contribution in [0.25, 0.3) is 0 Å². The lowest BCUT2D eigenvalue weighted by atomic mass is 10.2. The predicted octanol–water partition coefficient (Wildman–Crippen LogP) is 2.42. The highest BCUT2D eigenvalue weighted by Crippen LogP contribution is 2.21. The Morgan fingerprint density at radius 2 is 1.80 bits per heavy atom. The lowest BCUT2D eigenvalue weighted by Crippen LogP contribution is -2.05. The summed E-state index contributed by atoms with van der Waals surface area (Å²) >= 11 is 3.83. The Bertz CT molecular complexity index is 308. The first-order valence-corrected chi connectivity index (χ1v) is 5.02. The fourth-order valence-corrected chi connectivity index (χ4v) is 1.36. The van der Waals surface area contributed by atoms with Crippen molar-refractivity contribution in [2.45, 2.75) is 5.75 Å².